The Morgan fingerprint density at radius 1 is 1.62 bits per heavy atom. The zero-order valence-corrected chi connectivity index (χ0v) is 9.15. The number of amides is 1. The molecule has 7 heteroatoms. The molecule has 0 spiro atoms. The van der Waals surface area contributed by atoms with Gasteiger partial charge in [0.15, 0.2) is 0 Å². The lowest BCUT2D eigenvalue weighted by atomic mass is 10.3. The van der Waals surface area contributed by atoms with Crippen molar-refractivity contribution in [2.75, 3.05) is 11.9 Å². The summed E-state index contributed by atoms with van der Waals surface area (Å²) in [6, 6.07) is 3.87. The van der Waals surface area contributed by atoms with E-state index in [-0.39, 0.29) is 23.0 Å². The van der Waals surface area contributed by atoms with Crippen molar-refractivity contribution < 1.29 is 14.5 Å². The maximum atomic E-state index is 11.1. The lowest BCUT2D eigenvalue weighted by Crippen LogP contribution is -2.14. The molecule has 1 aromatic rings. The summed E-state index contributed by atoms with van der Waals surface area (Å²) in [4.78, 5) is 21.1. The normalized spacial score (nSPS) is 9.62. The third-order valence-corrected chi connectivity index (χ3v) is 1.90. The van der Waals surface area contributed by atoms with Crippen LogP contribution in [0.3, 0.4) is 0 Å². The number of rotatable bonds is 3. The molecular weight excluding hydrogens is 236 g/mol. The topological polar surface area (TPSA) is 81.5 Å². The Morgan fingerprint density at radius 2 is 2.31 bits per heavy atom. The van der Waals surface area contributed by atoms with Crippen LogP contribution in [0.5, 0.6) is 0 Å². The lowest BCUT2D eigenvalue weighted by molar-refractivity contribution is -0.383. The largest absolute Gasteiger partial charge is 0.450 e. The van der Waals surface area contributed by atoms with Gasteiger partial charge in [0, 0.05) is 11.1 Å². The van der Waals surface area contributed by atoms with Crippen LogP contribution >= 0.6 is 11.6 Å². The first kappa shape index (κ1) is 12.3. The van der Waals surface area contributed by atoms with Crippen molar-refractivity contribution in [2.45, 2.75) is 6.92 Å². The van der Waals surface area contributed by atoms with Crippen LogP contribution in [0.15, 0.2) is 18.2 Å². The molecule has 0 aliphatic rings. The fourth-order valence-corrected chi connectivity index (χ4v) is 1.22. The number of hydrogen-bond acceptors (Lipinski definition) is 4. The summed E-state index contributed by atoms with van der Waals surface area (Å²) in [6.45, 7) is 1.81. The van der Waals surface area contributed by atoms with Gasteiger partial charge >= 0.3 is 6.09 Å². The van der Waals surface area contributed by atoms with Gasteiger partial charge in [0.1, 0.15) is 5.69 Å². The summed E-state index contributed by atoms with van der Waals surface area (Å²) >= 11 is 5.67. The maximum Gasteiger partial charge on any atom is 0.411 e. The molecule has 1 N–H and O–H groups in total. The molecule has 16 heavy (non-hydrogen) atoms. The van der Waals surface area contributed by atoms with E-state index in [1.165, 1.54) is 18.2 Å². The molecule has 0 radical (unpaired) electrons. The predicted octanol–water partition coefficient (Wildman–Crippen LogP) is 2.82. The van der Waals surface area contributed by atoms with E-state index in [0.717, 1.165) is 0 Å². The average molecular weight is 245 g/mol. The number of nitro groups is 1. The summed E-state index contributed by atoms with van der Waals surface area (Å²) in [5, 5.41) is 13.2. The first-order chi connectivity index (χ1) is 7.54. The molecule has 0 saturated heterocycles. The quantitative estimate of drug-likeness (QED) is 0.655. The van der Waals surface area contributed by atoms with Crippen molar-refractivity contribution in [2.24, 2.45) is 0 Å². The highest BCUT2D eigenvalue weighted by Crippen LogP contribution is 2.27. The highest BCUT2D eigenvalue weighted by Gasteiger charge is 2.16. The highest BCUT2D eigenvalue weighted by molar-refractivity contribution is 6.31. The molecule has 86 valence electrons. The van der Waals surface area contributed by atoms with E-state index in [1.54, 1.807) is 6.92 Å². The van der Waals surface area contributed by atoms with E-state index >= 15 is 0 Å². The summed E-state index contributed by atoms with van der Waals surface area (Å²) in [5.74, 6) is 0. The molecule has 0 unspecified atom stereocenters. The molecule has 0 atom stereocenters. The smallest absolute Gasteiger partial charge is 0.411 e. The number of benzene rings is 1. The summed E-state index contributed by atoms with van der Waals surface area (Å²) in [5.41, 5.74) is -0.228. The van der Waals surface area contributed by atoms with Gasteiger partial charge in [-0.25, -0.2) is 4.79 Å². The van der Waals surface area contributed by atoms with E-state index < -0.39 is 11.0 Å². The average Bonchev–Trinajstić information content (AvgIpc) is 2.17. The minimum absolute atomic E-state index is 0.0101. The van der Waals surface area contributed by atoms with Gasteiger partial charge in [0.25, 0.3) is 5.69 Å². The Kier molecular flexibility index (Phi) is 4.07. The number of ether oxygens (including phenoxy) is 1. The lowest BCUT2D eigenvalue weighted by Gasteiger charge is -2.05. The van der Waals surface area contributed by atoms with Crippen LogP contribution in [0.4, 0.5) is 16.2 Å². The second-order valence-electron chi connectivity index (χ2n) is 2.76. The monoisotopic (exact) mass is 244 g/mol. The summed E-state index contributed by atoms with van der Waals surface area (Å²) in [6.07, 6.45) is -0.757. The molecule has 0 aromatic heterocycles. The van der Waals surface area contributed by atoms with Gasteiger partial charge in [0.05, 0.1) is 11.5 Å². The number of anilines is 1. The number of nitro benzene ring substituents is 1. The van der Waals surface area contributed by atoms with Gasteiger partial charge in [-0.2, -0.15) is 0 Å². The van der Waals surface area contributed by atoms with E-state index in [0.29, 0.717) is 0 Å². The molecule has 0 saturated carbocycles. The SMILES string of the molecule is CCOC(=O)Nc1cc(Cl)ccc1[N+](=O)[O-]. The third-order valence-electron chi connectivity index (χ3n) is 1.67. The van der Waals surface area contributed by atoms with Crippen LogP contribution in [-0.2, 0) is 4.74 Å². The minimum Gasteiger partial charge on any atom is -0.450 e. The molecule has 1 rings (SSSR count). The van der Waals surface area contributed by atoms with Crippen molar-refractivity contribution in [3.8, 4) is 0 Å². The van der Waals surface area contributed by atoms with Crippen molar-refractivity contribution in [3.05, 3.63) is 33.3 Å². The number of nitrogens with one attached hydrogen (secondary N) is 1. The van der Waals surface area contributed by atoms with Gasteiger partial charge in [-0.1, -0.05) is 11.6 Å². The Morgan fingerprint density at radius 3 is 2.88 bits per heavy atom. The van der Waals surface area contributed by atoms with E-state index in [9.17, 15) is 14.9 Å². The second-order valence-corrected chi connectivity index (χ2v) is 3.20. The van der Waals surface area contributed by atoms with E-state index in [1.807, 2.05) is 0 Å². The van der Waals surface area contributed by atoms with Crippen molar-refractivity contribution in [1.29, 1.82) is 0 Å². The first-order valence-corrected chi connectivity index (χ1v) is 4.80. The Hall–Kier alpha value is -1.82. The molecule has 0 aliphatic carbocycles. The molecule has 6 nitrogen and oxygen atoms in total. The zero-order chi connectivity index (χ0) is 12.1. The number of nitrogens with zero attached hydrogens (tertiary/aromatic N) is 1. The Labute approximate surface area is 96.3 Å². The third kappa shape index (κ3) is 3.09. The fraction of sp³-hybridized carbons (Fsp3) is 0.222. The van der Waals surface area contributed by atoms with Crippen LogP contribution in [0, 0.1) is 10.1 Å². The number of halogens is 1. The van der Waals surface area contributed by atoms with Gasteiger partial charge in [0.2, 0.25) is 0 Å². The van der Waals surface area contributed by atoms with Crippen LogP contribution in [0.1, 0.15) is 6.92 Å². The molecule has 0 aliphatic heterocycles. The van der Waals surface area contributed by atoms with Gasteiger partial charge < -0.3 is 4.74 Å². The van der Waals surface area contributed by atoms with E-state index in [4.69, 9.17) is 11.6 Å². The van der Waals surface area contributed by atoms with Gasteiger partial charge in [-0.3, -0.25) is 15.4 Å². The minimum atomic E-state index is -0.757. The van der Waals surface area contributed by atoms with Gasteiger partial charge in [-0.05, 0) is 19.1 Å². The second kappa shape index (κ2) is 5.32. The highest BCUT2D eigenvalue weighted by atomic mass is 35.5. The summed E-state index contributed by atoms with van der Waals surface area (Å²) < 4.78 is 4.60. The fourth-order valence-electron chi connectivity index (χ4n) is 1.04. The number of carbonyl (C=O) groups excluding carboxylic acids is 1. The predicted molar refractivity (Wildman–Crippen MR) is 58.8 cm³/mol. The Bertz CT molecular complexity index is 422. The van der Waals surface area contributed by atoms with Crippen molar-refractivity contribution in [1.82, 2.24) is 0 Å². The van der Waals surface area contributed by atoms with E-state index in [2.05, 4.69) is 10.1 Å². The number of carbonyl (C=O) groups is 1. The molecule has 0 fully saturated rings. The first-order valence-electron chi connectivity index (χ1n) is 4.42. The van der Waals surface area contributed by atoms with Crippen LogP contribution in [0.2, 0.25) is 5.02 Å². The molecule has 1 amide bonds. The summed E-state index contributed by atoms with van der Waals surface area (Å²) in [7, 11) is 0. The zero-order valence-electron chi connectivity index (χ0n) is 8.40. The molecular formula is C9H9ClN2O4. The van der Waals surface area contributed by atoms with Crippen molar-refractivity contribution in [3.63, 3.8) is 0 Å². The van der Waals surface area contributed by atoms with Crippen LogP contribution in [-0.4, -0.2) is 17.6 Å². The number of hydrogen-bond donors (Lipinski definition) is 1. The molecule has 0 heterocycles. The molecule has 1 aromatic carbocycles. The molecule has 0 bridgehead atoms. The van der Waals surface area contributed by atoms with Crippen LogP contribution in [0.25, 0.3) is 0 Å². The standard InChI is InChI=1S/C9H9ClN2O4/c1-2-16-9(13)11-7-5-6(10)3-4-8(7)12(14)15/h3-5H,2H2,1H3,(H,11,13). The van der Waals surface area contributed by atoms with Crippen LogP contribution < -0.4 is 5.32 Å². The van der Waals surface area contributed by atoms with Crippen molar-refractivity contribution >= 4 is 29.1 Å². The van der Waals surface area contributed by atoms with Gasteiger partial charge in [-0.15, -0.1) is 0 Å². The maximum absolute atomic E-state index is 11.1. The Balaban J connectivity index is 2.96.